The van der Waals surface area contributed by atoms with Crippen molar-refractivity contribution in [3.05, 3.63) is 86.6 Å². The average Bonchev–Trinajstić information content (AvgIpc) is 3.31. The van der Waals surface area contributed by atoms with Crippen LogP contribution in [0.4, 0.5) is 0 Å². The summed E-state index contributed by atoms with van der Waals surface area (Å²) in [5, 5.41) is 4.89. The zero-order valence-electron chi connectivity index (χ0n) is 18.2. The van der Waals surface area contributed by atoms with Crippen LogP contribution in [0.2, 0.25) is 0 Å². The molecule has 0 aliphatic rings. The van der Waals surface area contributed by atoms with E-state index in [2.05, 4.69) is 32.9 Å². The van der Waals surface area contributed by atoms with Crippen molar-refractivity contribution in [3.8, 4) is 11.3 Å². The van der Waals surface area contributed by atoms with Gasteiger partial charge in [0, 0.05) is 16.5 Å². The SMILES string of the molecule is CCCCc1nc2ccc(Br)cc2c(=O)n1N=Cc1ccc(-c2ccccc2C(=O)OC)o1. The van der Waals surface area contributed by atoms with Gasteiger partial charge in [0.05, 0.1) is 29.8 Å². The van der Waals surface area contributed by atoms with Crippen molar-refractivity contribution in [2.45, 2.75) is 26.2 Å². The number of ether oxygens (including phenoxy) is 1. The van der Waals surface area contributed by atoms with E-state index in [9.17, 15) is 9.59 Å². The fourth-order valence-electron chi connectivity index (χ4n) is 3.48. The van der Waals surface area contributed by atoms with Crippen LogP contribution in [-0.4, -0.2) is 29.0 Å². The highest BCUT2D eigenvalue weighted by Gasteiger charge is 2.15. The Labute approximate surface area is 198 Å². The van der Waals surface area contributed by atoms with Gasteiger partial charge in [-0.3, -0.25) is 4.79 Å². The van der Waals surface area contributed by atoms with Gasteiger partial charge in [-0.25, -0.2) is 9.78 Å². The molecule has 0 saturated heterocycles. The van der Waals surface area contributed by atoms with Crippen molar-refractivity contribution in [1.29, 1.82) is 0 Å². The molecule has 0 bridgehead atoms. The van der Waals surface area contributed by atoms with Crippen LogP contribution in [0, 0.1) is 0 Å². The minimum absolute atomic E-state index is 0.244. The second-order valence-electron chi connectivity index (χ2n) is 7.39. The maximum Gasteiger partial charge on any atom is 0.338 e. The van der Waals surface area contributed by atoms with Gasteiger partial charge in [-0.1, -0.05) is 47.5 Å². The molecule has 0 saturated carbocycles. The first-order chi connectivity index (χ1) is 16.0. The maximum atomic E-state index is 13.2. The van der Waals surface area contributed by atoms with E-state index in [0.717, 1.165) is 17.3 Å². The third-order valence-corrected chi connectivity index (χ3v) is 5.65. The molecule has 0 spiro atoms. The molecular formula is C25H22BrN3O4. The van der Waals surface area contributed by atoms with Crippen molar-refractivity contribution < 1.29 is 13.9 Å². The van der Waals surface area contributed by atoms with Crippen LogP contribution >= 0.6 is 15.9 Å². The van der Waals surface area contributed by atoms with E-state index in [1.54, 1.807) is 36.4 Å². The van der Waals surface area contributed by atoms with E-state index < -0.39 is 5.97 Å². The molecule has 0 radical (unpaired) electrons. The molecule has 168 valence electrons. The lowest BCUT2D eigenvalue weighted by Gasteiger charge is -2.09. The summed E-state index contributed by atoms with van der Waals surface area (Å²) in [6.45, 7) is 2.08. The number of halogens is 1. The molecule has 0 aliphatic carbocycles. The number of fused-ring (bicyclic) bond motifs is 1. The lowest BCUT2D eigenvalue weighted by Crippen LogP contribution is -2.22. The van der Waals surface area contributed by atoms with E-state index in [1.807, 2.05) is 18.2 Å². The minimum Gasteiger partial charge on any atom is -0.465 e. The summed E-state index contributed by atoms with van der Waals surface area (Å²) in [6, 6.07) is 15.9. The van der Waals surface area contributed by atoms with E-state index in [0.29, 0.717) is 45.8 Å². The molecule has 0 atom stereocenters. The van der Waals surface area contributed by atoms with Crippen molar-refractivity contribution in [2.75, 3.05) is 7.11 Å². The third kappa shape index (κ3) is 4.80. The number of rotatable bonds is 7. The molecule has 7 nitrogen and oxygen atoms in total. The van der Waals surface area contributed by atoms with E-state index in [4.69, 9.17) is 9.15 Å². The van der Waals surface area contributed by atoms with Crippen LogP contribution in [0.5, 0.6) is 0 Å². The van der Waals surface area contributed by atoms with Gasteiger partial charge in [0.15, 0.2) is 0 Å². The van der Waals surface area contributed by atoms with Crippen molar-refractivity contribution >= 4 is 39.0 Å². The van der Waals surface area contributed by atoms with Crippen molar-refractivity contribution in [3.63, 3.8) is 0 Å². The van der Waals surface area contributed by atoms with Gasteiger partial charge in [0.2, 0.25) is 0 Å². The van der Waals surface area contributed by atoms with Crippen LogP contribution < -0.4 is 5.56 Å². The highest BCUT2D eigenvalue weighted by molar-refractivity contribution is 9.10. The van der Waals surface area contributed by atoms with Gasteiger partial charge in [0.1, 0.15) is 17.3 Å². The number of hydrogen-bond acceptors (Lipinski definition) is 6. The number of nitrogens with zero attached hydrogens (tertiary/aromatic N) is 3. The van der Waals surface area contributed by atoms with E-state index >= 15 is 0 Å². The molecule has 2 heterocycles. The monoisotopic (exact) mass is 507 g/mol. The predicted octanol–water partition coefficient (Wildman–Crippen LogP) is 5.43. The number of carbonyl (C=O) groups excluding carboxylic acids is 1. The molecular weight excluding hydrogens is 486 g/mol. The third-order valence-electron chi connectivity index (χ3n) is 5.15. The first-order valence-electron chi connectivity index (χ1n) is 10.5. The molecule has 2 aromatic heterocycles. The first-order valence-corrected chi connectivity index (χ1v) is 11.3. The van der Waals surface area contributed by atoms with Crippen LogP contribution in [-0.2, 0) is 11.2 Å². The molecule has 0 amide bonds. The van der Waals surface area contributed by atoms with Gasteiger partial charge in [-0.05, 0) is 42.8 Å². The number of carbonyl (C=O) groups is 1. The maximum absolute atomic E-state index is 13.2. The molecule has 0 fully saturated rings. The molecule has 0 aliphatic heterocycles. The van der Waals surface area contributed by atoms with E-state index in [-0.39, 0.29) is 5.56 Å². The highest BCUT2D eigenvalue weighted by atomic mass is 79.9. The Morgan fingerprint density at radius 2 is 2.03 bits per heavy atom. The molecule has 0 N–H and O–H groups in total. The number of aryl methyl sites for hydroxylation is 1. The smallest absolute Gasteiger partial charge is 0.338 e. The number of aromatic nitrogens is 2. The zero-order valence-corrected chi connectivity index (χ0v) is 19.8. The fraction of sp³-hybridized carbons (Fsp3) is 0.200. The van der Waals surface area contributed by atoms with Crippen LogP contribution in [0.3, 0.4) is 0 Å². The van der Waals surface area contributed by atoms with Crippen LogP contribution in [0.25, 0.3) is 22.2 Å². The second-order valence-corrected chi connectivity index (χ2v) is 8.31. The Morgan fingerprint density at radius 1 is 1.21 bits per heavy atom. The fourth-order valence-corrected chi connectivity index (χ4v) is 3.84. The Bertz CT molecular complexity index is 1400. The second kappa shape index (κ2) is 9.95. The average molecular weight is 508 g/mol. The Balaban J connectivity index is 1.73. The summed E-state index contributed by atoms with van der Waals surface area (Å²) in [7, 11) is 1.34. The summed E-state index contributed by atoms with van der Waals surface area (Å²) >= 11 is 3.41. The van der Waals surface area contributed by atoms with Gasteiger partial charge >= 0.3 is 5.97 Å². The van der Waals surface area contributed by atoms with Gasteiger partial charge in [-0.15, -0.1) is 0 Å². The number of unbranched alkanes of at least 4 members (excludes halogenated alkanes) is 1. The largest absolute Gasteiger partial charge is 0.465 e. The van der Waals surface area contributed by atoms with E-state index in [1.165, 1.54) is 18.0 Å². The molecule has 2 aromatic carbocycles. The van der Waals surface area contributed by atoms with Crippen molar-refractivity contribution in [2.24, 2.45) is 5.10 Å². The number of esters is 1. The van der Waals surface area contributed by atoms with Gasteiger partial charge in [0.25, 0.3) is 5.56 Å². The lowest BCUT2D eigenvalue weighted by molar-refractivity contribution is 0.0601. The Hall–Kier alpha value is -3.52. The summed E-state index contributed by atoms with van der Waals surface area (Å²) in [5.41, 5.74) is 1.41. The zero-order chi connectivity index (χ0) is 23.4. The molecule has 4 aromatic rings. The minimum atomic E-state index is -0.447. The predicted molar refractivity (Wildman–Crippen MR) is 131 cm³/mol. The number of hydrogen-bond donors (Lipinski definition) is 0. The number of furan rings is 1. The summed E-state index contributed by atoms with van der Waals surface area (Å²) in [4.78, 5) is 29.9. The normalized spacial score (nSPS) is 11.4. The molecule has 33 heavy (non-hydrogen) atoms. The molecule has 8 heteroatoms. The topological polar surface area (TPSA) is 86.7 Å². The standard InChI is InChI=1S/C25H22BrN3O4/c1-3-4-9-23-28-21-12-10-16(26)14-20(21)24(30)29(23)27-15-17-11-13-22(33-17)18-7-5-6-8-19(18)25(31)32-2/h5-8,10-15H,3-4,9H2,1-2H3. The summed E-state index contributed by atoms with van der Waals surface area (Å²) < 4.78 is 12.9. The lowest BCUT2D eigenvalue weighted by atomic mass is 10.1. The Kier molecular flexibility index (Phi) is 6.84. The van der Waals surface area contributed by atoms with Gasteiger partial charge in [-0.2, -0.15) is 9.78 Å². The highest BCUT2D eigenvalue weighted by Crippen LogP contribution is 2.26. The van der Waals surface area contributed by atoms with Crippen molar-refractivity contribution in [1.82, 2.24) is 9.66 Å². The van der Waals surface area contributed by atoms with Gasteiger partial charge < -0.3 is 9.15 Å². The Morgan fingerprint density at radius 3 is 2.82 bits per heavy atom. The summed E-state index contributed by atoms with van der Waals surface area (Å²) in [6.07, 6.45) is 3.97. The molecule has 4 rings (SSSR count). The number of methoxy groups -OCH3 is 1. The first kappa shape index (κ1) is 22.7. The quantitative estimate of drug-likeness (QED) is 0.246. The summed E-state index contributed by atoms with van der Waals surface area (Å²) in [5.74, 6) is 1.08. The van der Waals surface area contributed by atoms with Crippen LogP contribution in [0.15, 0.2) is 73.4 Å². The van der Waals surface area contributed by atoms with Crippen LogP contribution in [0.1, 0.15) is 41.7 Å². The molecule has 0 unspecified atom stereocenters. The number of benzene rings is 2.